The summed E-state index contributed by atoms with van der Waals surface area (Å²) in [6.07, 6.45) is 0. The second kappa shape index (κ2) is 6.96. The lowest BCUT2D eigenvalue weighted by molar-refractivity contribution is -0.116. The number of nitrogens with one attached hydrogen (secondary N) is 1. The fourth-order valence-corrected chi connectivity index (χ4v) is 3.09. The van der Waals surface area contributed by atoms with E-state index in [1.165, 1.54) is 4.90 Å². The highest BCUT2D eigenvalue weighted by atomic mass is 16.3. The molecule has 2 amide bonds. The quantitative estimate of drug-likeness (QED) is 0.592. The number of para-hydroxylation sites is 1. The molecule has 3 aromatic carbocycles. The largest absolute Gasteiger partial charge is 0.456 e. The van der Waals surface area contributed by atoms with Crippen molar-refractivity contribution in [2.45, 2.75) is 0 Å². The molecule has 0 saturated heterocycles. The Morgan fingerprint density at radius 2 is 1.59 bits per heavy atom. The topological polar surface area (TPSA) is 62.6 Å². The van der Waals surface area contributed by atoms with E-state index in [1.54, 1.807) is 37.4 Å². The van der Waals surface area contributed by atoms with E-state index >= 15 is 0 Å². The lowest BCUT2D eigenvalue weighted by Gasteiger charge is -2.16. The van der Waals surface area contributed by atoms with Gasteiger partial charge in [-0.1, -0.05) is 36.4 Å². The summed E-state index contributed by atoms with van der Waals surface area (Å²) in [7, 11) is 1.61. The standard InChI is InChI=1S/C22H18N2O3/c1-24(22(26)15-7-3-2-4-8-15)14-21(25)23-16-11-12-18-17-9-5-6-10-19(17)27-20(18)13-16/h2-13H,14H2,1H3,(H,23,25). The van der Waals surface area contributed by atoms with E-state index in [0.29, 0.717) is 16.8 Å². The number of likely N-dealkylation sites (N-methyl/N-ethyl adjacent to an activating group) is 1. The maximum Gasteiger partial charge on any atom is 0.254 e. The molecule has 5 heteroatoms. The number of fused-ring (bicyclic) bond motifs is 3. The summed E-state index contributed by atoms with van der Waals surface area (Å²) in [4.78, 5) is 26.1. The molecule has 1 heterocycles. The van der Waals surface area contributed by atoms with Gasteiger partial charge in [0.05, 0.1) is 6.54 Å². The van der Waals surface area contributed by atoms with Crippen LogP contribution in [0.25, 0.3) is 21.9 Å². The molecule has 0 bridgehead atoms. The van der Waals surface area contributed by atoms with E-state index in [2.05, 4.69) is 5.32 Å². The van der Waals surface area contributed by atoms with Gasteiger partial charge in [0.15, 0.2) is 0 Å². The molecule has 1 aromatic heterocycles. The molecule has 0 fully saturated rings. The van der Waals surface area contributed by atoms with Crippen LogP contribution in [0.2, 0.25) is 0 Å². The average molecular weight is 358 g/mol. The van der Waals surface area contributed by atoms with Crippen molar-refractivity contribution in [1.29, 1.82) is 0 Å². The van der Waals surface area contributed by atoms with Gasteiger partial charge in [0, 0.05) is 35.1 Å². The van der Waals surface area contributed by atoms with E-state index in [9.17, 15) is 9.59 Å². The Morgan fingerprint density at radius 3 is 2.41 bits per heavy atom. The number of hydrogen-bond acceptors (Lipinski definition) is 3. The monoisotopic (exact) mass is 358 g/mol. The number of amides is 2. The van der Waals surface area contributed by atoms with Crippen LogP contribution >= 0.6 is 0 Å². The molecule has 0 spiro atoms. The summed E-state index contributed by atoms with van der Waals surface area (Å²) in [5, 5.41) is 4.86. The summed E-state index contributed by atoms with van der Waals surface area (Å²) in [5.41, 5.74) is 2.70. The second-order valence-electron chi connectivity index (χ2n) is 6.38. The number of anilines is 1. The second-order valence-corrected chi connectivity index (χ2v) is 6.38. The lowest BCUT2D eigenvalue weighted by Crippen LogP contribution is -2.34. The van der Waals surface area contributed by atoms with Crippen molar-refractivity contribution >= 4 is 39.4 Å². The molecule has 0 saturated carbocycles. The van der Waals surface area contributed by atoms with Crippen LogP contribution in [0.15, 0.2) is 77.2 Å². The van der Waals surface area contributed by atoms with Gasteiger partial charge in [0.25, 0.3) is 5.91 Å². The molecule has 1 N–H and O–H groups in total. The fourth-order valence-electron chi connectivity index (χ4n) is 3.09. The summed E-state index contributed by atoms with van der Waals surface area (Å²) < 4.78 is 5.84. The van der Waals surface area contributed by atoms with E-state index in [1.807, 2.05) is 42.5 Å². The molecular formula is C22H18N2O3. The van der Waals surface area contributed by atoms with Crippen molar-refractivity contribution < 1.29 is 14.0 Å². The Morgan fingerprint density at radius 1 is 0.889 bits per heavy atom. The number of rotatable bonds is 4. The average Bonchev–Trinajstić information content (AvgIpc) is 3.05. The third kappa shape index (κ3) is 3.40. The van der Waals surface area contributed by atoms with Crippen LogP contribution in [0.4, 0.5) is 5.69 Å². The van der Waals surface area contributed by atoms with Crippen molar-refractivity contribution in [3.05, 3.63) is 78.4 Å². The maximum absolute atomic E-state index is 12.3. The van der Waals surface area contributed by atoms with Gasteiger partial charge >= 0.3 is 0 Å². The van der Waals surface area contributed by atoms with Crippen LogP contribution in [-0.4, -0.2) is 30.3 Å². The number of carbonyl (C=O) groups is 2. The summed E-state index contributed by atoms with van der Waals surface area (Å²) >= 11 is 0. The van der Waals surface area contributed by atoms with E-state index in [4.69, 9.17) is 4.42 Å². The minimum atomic E-state index is -0.266. The van der Waals surface area contributed by atoms with Crippen molar-refractivity contribution in [3.63, 3.8) is 0 Å². The molecule has 0 aliphatic rings. The minimum Gasteiger partial charge on any atom is -0.456 e. The SMILES string of the molecule is CN(CC(=O)Nc1ccc2c(c1)oc1ccccc12)C(=O)c1ccccc1. The zero-order valence-corrected chi connectivity index (χ0v) is 14.8. The number of benzene rings is 3. The molecule has 0 radical (unpaired) electrons. The highest BCUT2D eigenvalue weighted by Crippen LogP contribution is 2.30. The Kier molecular flexibility index (Phi) is 4.34. The molecule has 0 atom stereocenters. The Bertz CT molecular complexity index is 1130. The highest BCUT2D eigenvalue weighted by molar-refractivity contribution is 6.06. The van der Waals surface area contributed by atoms with Crippen LogP contribution in [0.3, 0.4) is 0 Å². The molecule has 5 nitrogen and oxygen atoms in total. The van der Waals surface area contributed by atoms with Gasteiger partial charge in [0.2, 0.25) is 5.91 Å². The maximum atomic E-state index is 12.3. The van der Waals surface area contributed by atoms with E-state index in [-0.39, 0.29) is 18.4 Å². The fraction of sp³-hybridized carbons (Fsp3) is 0.0909. The first kappa shape index (κ1) is 16.8. The van der Waals surface area contributed by atoms with Crippen molar-refractivity contribution in [2.24, 2.45) is 0 Å². The van der Waals surface area contributed by atoms with E-state index in [0.717, 1.165) is 16.4 Å². The Balaban J connectivity index is 1.47. The van der Waals surface area contributed by atoms with Crippen LogP contribution in [0.1, 0.15) is 10.4 Å². The normalized spacial score (nSPS) is 10.9. The molecule has 4 rings (SSSR count). The first-order chi connectivity index (χ1) is 13.1. The Hall–Kier alpha value is -3.60. The van der Waals surface area contributed by atoms with Crippen molar-refractivity contribution in [2.75, 3.05) is 18.9 Å². The Labute approximate surface area is 156 Å². The van der Waals surface area contributed by atoms with Gasteiger partial charge in [0.1, 0.15) is 11.2 Å². The molecular weight excluding hydrogens is 340 g/mol. The smallest absolute Gasteiger partial charge is 0.254 e. The first-order valence-corrected chi connectivity index (χ1v) is 8.63. The molecule has 4 aromatic rings. The van der Waals surface area contributed by atoms with Gasteiger partial charge in [-0.2, -0.15) is 0 Å². The number of hydrogen-bond donors (Lipinski definition) is 1. The lowest BCUT2D eigenvalue weighted by atomic mass is 10.1. The van der Waals surface area contributed by atoms with Crippen LogP contribution in [0, 0.1) is 0 Å². The molecule has 0 aliphatic carbocycles. The molecule has 0 unspecified atom stereocenters. The number of carbonyl (C=O) groups excluding carboxylic acids is 2. The highest BCUT2D eigenvalue weighted by Gasteiger charge is 2.15. The zero-order chi connectivity index (χ0) is 18.8. The van der Waals surface area contributed by atoms with E-state index < -0.39 is 0 Å². The van der Waals surface area contributed by atoms with Crippen LogP contribution < -0.4 is 5.32 Å². The van der Waals surface area contributed by atoms with Gasteiger partial charge in [-0.05, 0) is 30.3 Å². The predicted molar refractivity (Wildman–Crippen MR) is 106 cm³/mol. The third-order valence-corrected chi connectivity index (χ3v) is 4.41. The van der Waals surface area contributed by atoms with Crippen LogP contribution in [-0.2, 0) is 4.79 Å². The molecule has 0 aliphatic heterocycles. The number of furan rings is 1. The molecule has 134 valence electrons. The van der Waals surface area contributed by atoms with Gasteiger partial charge in [-0.25, -0.2) is 0 Å². The van der Waals surface area contributed by atoms with Gasteiger partial charge in [-0.3, -0.25) is 9.59 Å². The van der Waals surface area contributed by atoms with Crippen molar-refractivity contribution in [3.8, 4) is 0 Å². The van der Waals surface area contributed by atoms with Crippen molar-refractivity contribution in [1.82, 2.24) is 4.90 Å². The summed E-state index contributed by atoms with van der Waals surface area (Å²) in [5.74, 6) is -0.462. The zero-order valence-electron chi connectivity index (χ0n) is 14.8. The minimum absolute atomic E-state index is 0.0358. The predicted octanol–water partition coefficient (Wildman–Crippen LogP) is 4.30. The van der Waals surface area contributed by atoms with Gasteiger partial charge in [-0.15, -0.1) is 0 Å². The first-order valence-electron chi connectivity index (χ1n) is 8.63. The third-order valence-electron chi connectivity index (χ3n) is 4.41. The summed E-state index contributed by atoms with van der Waals surface area (Å²) in [6, 6.07) is 22.3. The number of nitrogens with zero attached hydrogens (tertiary/aromatic N) is 1. The molecule has 27 heavy (non-hydrogen) atoms. The summed E-state index contributed by atoms with van der Waals surface area (Å²) in [6.45, 7) is -0.0358. The van der Waals surface area contributed by atoms with Gasteiger partial charge < -0.3 is 14.6 Å². The van der Waals surface area contributed by atoms with Crippen LogP contribution in [0.5, 0.6) is 0 Å².